The van der Waals surface area contributed by atoms with Gasteiger partial charge in [0.25, 0.3) is 0 Å². The molecular formula is C43H27N3O. The number of para-hydroxylation sites is 1. The van der Waals surface area contributed by atoms with Gasteiger partial charge in [-0.05, 0) is 57.2 Å². The Kier molecular flexibility index (Phi) is 3.05. The average molecular weight is 624 g/mol. The van der Waals surface area contributed by atoms with E-state index in [4.69, 9.17) is 30.5 Å². The average Bonchev–Trinajstić information content (AvgIpc) is 3.74. The molecule has 0 N–H and O–H groups in total. The lowest BCUT2D eigenvalue weighted by atomic mass is 9.97. The molecule has 4 nitrogen and oxygen atoms in total. The maximum absolute atomic E-state index is 9.65. The quantitative estimate of drug-likeness (QED) is 0.191. The molecule has 0 aliphatic rings. The lowest BCUT2D eigenvalue weighted by Crippen LogP contribution is -2.00. The van der Waals surface area contributed by atoms with Crippen LogP contribution in [-0.2, 0) is 0 Å². The van der Waals surface area contributed by atoms with E-state index in [1.165, 1.54) is 0 Å². The first-order chi connectivity index (χ1) is 32.5. The molecule has 0 unspecified atom stereocenters. The number of rotatable bonds is 5. The minimum absolute atomic E-state index is 0.238. The van der Waals surface area contributed by atoms with Crippen LogP contribution >= 0.6 is 0 Å². The molecule has 0 fully saturated rings. The van der Waals surface area contributed by atoms with Crippen LogP contribution in [0.25, 0.3) is 89.1 Å². The monoisotopic (exact) mass is 623 g/mol. The highest BCUT2D eigenvalue weighted by atomic mass is 16.3. The molecule has 47 heavy (non-hydrogen) atoms. The summed E-state index contributed by atoms with van der Waals surface area (Å²) >= 11 is 0. The van der Waals surface area contributed by atoms with Crippen LogP contribution < -0.4 is 0 Å². The summed E-state index contributed by atoms with van der Waals surface area (Å²) in [6, 6.07) is -9.48. The summed E-state index contributed by atoms with van der Waals surface area (Å²) in [7, 11) is 0. The number of aromatic nitrogens is 3. The van der Waals surface area contributed by atoms with Crippen molar-refractivity contribution in [1.82, 2.24) is 15.0 Å². The van der Waals surface area contributed by atoms with Gasteiger partial charge in [-0.2, -0.15) is 0 Å². The SMILES string of the molecule is [2H]c1c([2H])c([2H])c(-c2c([2H])c([2H])c3c(-c4nc(-c5ccccc5)nc(-c5c([2H])c([2H])c([2H])c(-c6c([2H])c([2H])c([2H])c7oc8c([2H])c([2H])c([2H])c([2H])c8c67)c5[2H])n4)c([2H])c([2H])c([2H])c3c2[2H])c([2H])c1[2H]. The van der Waals surface area contributed by atoms with Gasteiger partial charge in [0.2, 0.25) is 0 Å². The van der Waals surface area contributed by atoms with Gasteiger partial charge < -0.3 is 4.42 Å². The molecule has 220 valence electrons. The Morgan fingerprint density at radius 1 is 0.426 bits per heavy atom. The zero-order valence-electron chi connectivity index (χ0n) is 45.6. The van der Waals surface area contributed by atoms with Crippen LogP contribution in [0.3, 0.4) is 0 Å². The van der Waals surface area contributed by atoms with Crippen LogP contribution in [0.4, 0.5) is 0 Å². The number of fused-ring (bicyclic) bond motifs is 4. The molecule has 0 bridgehead atoms. The summed E-state index contributed by atoms with van der Waals surface area (Å²) in [6.07, 6.45) is 0. The van der Waals surface area contributed by atoms with E-state index in [1.807, 2.05) is 0 Å². The number of benzene rings is 7. The van der Waals surface area contributed by atoms with Gasteiger partial charge in [0.1, 0.15) is 11.2 Å². The molecule has 0 amide bonds. The normalized spacial score (nSPS) is 18.0. The smallest absolute Gasteiger partial charge is 0.164 e. The minimum Gasteiger partial charge on any atom is -0.456 e. The van der Waals surface area contributed by atoms with Gasteiger partial charge in [0, 0.05) is 27.5 Å². The number of hydrogen-bond acceptors (Lipinski definition) is 4. The summed E-state index contributed by atoms with van der Waals surface area (Å²) < 4.78 is 199. The lowest BCUT2D eigenvalue weighted by Gasteiger charge is -2.12. The number of furan rings is 1. The van der Waals surface area contributed by atoms with Gasteiger partial charge >= 0.3 is 0 Å². The predicted octanol–water partition coefficient (Wildman–Crippen LogP) is 11.3. The van der Waals surface area contributed by atoms with Crippen molar-refractivity contribution in [3.05, 3.63) is 163 Å². The molecule has 0 aliphatic heterocycles. The van der Waals surface area contributed by atoms with Crippen molar-refractivity contribution < 1.29 is 34.6 Å². The van der Waals surface area contributed by atoms with Crippen molar-refractivity contribution in [2.75, 3.05) is 0 Å². The van der Waals surface area contributed by atoms with Crippen molar-refractivity contribution in [2.45, 2.75) is 0 Å². The van der Waals surface area contributed by atoms with Gasteiger partial charge in [-0.1, -0.05) is 139 Å². The molecule has 2 heterocycles. The summed E-state index contributed by atoms with van der Waals surface area (Å²) in [6.45, 7) is 0. The Labute approximate surface area is 302 Å². The molecule has 0 spiro atoms. The molecule has 7 aromatic carbocycles. The van der Waals surface area contributed by atoms with Crippen LogP contribution in [0.5, 0.6) is 0 Å². The first-order valence-corrected chi connectivity index (χ1v) is 13.9. The van der Waals surface area contributed by atoms with E-state index in [0.717, 1.165) is 0 Å². The molecule has 0 atom stereocenters. The van der Waals surface area contributed by atoms with E-state index in [-0.39, 0.29) is 22.2 Å². The van der Waals surface area contributed by atoms with Crippen molar-refractivity contribution in [2.24, 2.45) is 0 Å². The number of hydrogen-bond donors (Lipinski definition) is 0. The van der Waals surface area contributed by atoms with Gasteiger partial charge in [-0.25, -0.2) is 15.0 Å². The van der Waals surface area contributed by atoms with Crippen LogP contribution in [0.15, 0.2) is 168 Å². The van der Waals surface area contributed by atoms with Crippen LogP contribution in [-0.4, -0.2) is 15.0 Å². The third-order valence-corrected chi connectivity index (χ3v) is 7.12. The third kappa shape index (κ3) is 4.84. The summed E-state index contributed by atoms with van der Waals surface area (Å²) in [5.41, 5.74) is -4.27. The van der Waals surface area contributed by atoms with E-state index >= 15 is 0 Å². The highest BCUT2D eigenvalue weighted by Gasteiger charge is 2.17. The van der Waals surface area contributed by atoms with Crippen LogP contribution in [0.1, 0.15) is 30.2 Å². The molecule has 9 rings (SSSR count). The molecule has 9 aromatic rings. The van der Waals surface area contributed by atoms with Gasteiger partial charge in [0.05, 0.1) is 30.2 Å². The predicted molar refractivity (Wildman–Crippen MR) is 192 cm³/mol. The van der Waals surface area contributed by atoms with Crippen molar-refractivity contribution in [3.8, 4) is 56.4 Å². The Hall–Kier alpha value is -6.39. The largest absolute Gasteiger partial charge is 0.456 e. The van der Waals surface area contributed by atoms with E-state index in [1.54, 1.807) is 30.3 Å². The maximum Gasteiger partial charge on any atom is 0.164 e. The Balaban J connectivity index is 1.42. The van der Waals surface area contributed by atoms with E-state index in [2.05, 4.69) is 15.0 Å². The fourth-order valence-electron chi connectivity index (χ4n) is 5.02. The first kappa shape index (κ1) is 12.8. The third-order valence-electron chi connectivity index (χ3n) is 7.12. The van der Waals surface area contributed by atoms with E-state index in [9.17, 15) is 4.11 Å². The summed E-state index contributed by atoms with van der Waals surface area (Å²) in [4.78, 5) is 13.6. The maximum atomic E-state index is 9.65. The fraction of sp³-hybridized carbons (Fsp3) is 0. The van der Waals surface area contributed by atoms with Gasteiger partial charge in [-0.3, -0.25) is 0 Å². The number of nitrogens with zero attached hydrogens (tertiary/aromatic N) is 3. The minimum atomic E-state index is -0.882. The Bertz CT molecular complexity index is 3790. The molecule has 0 radical (unpaired) electrons. The van der Waals surface area contributed by atoms with Gasteiger partial charge in [-0.15, -0.1) is 0 Å². The summed E-state index contributed by atoms with van der Waals surface area (Å²) in [5.74, 6) is -1.43. The summed E-state index contributed by atoms with van der Waals surface area (Å²) in [5, 5.41) is -1.79. The fourth-order valence-corrected chi connectivity index (χ4v) is 5.02. The molecular weight excluding hydrogens is 574 g/mol. The van der Waals surface area contributed by atoms with E-state index in [0.29, 0.717) is 0 Å². The topological polar surface area (TPSA) is 51.8 Å². The highest BCUT2D eigenvalue weighted by molar-refractivity contribution is 6.12. The molecule has 0 aliphatic carbocycles. The highest BCUT2D eigenvalue weighted by Crippen LogP contribution is 2.38. The van der Waals surface area contributed by atoms with Crippen molar-refractivity contribution in [3.63, 3.8) is 0 Å². The van der Waals surface area contributed by atoms with Crippen molar-refractivity contribution in [1.29, 1.82) is 0 Å². The Morgan fingerprint density at radius 2 is 1.11 bits per heavy atom. The van der Waals surface area contributed by atoms with E-state index < -0.39 is 200 Å². The molecule has 0 saturated carbocycles. The second-order valence-corrected chi connectivity index (χ2v) is 9.93. The second-order valence-electron chi connectivity index (χ2n) is 9.93. The van der Waals surface area contributed by atoms with Gasteiger partial charge in [0.15, 0.2) is 17.5 Å². The van der Waals surface area contributed by atoms with Crippen molar-refractivity contribution >= 4 is 32.7 Å². The Morgan fingerprint density at radius 3 is 2.00 bits per heavy atom. The zero-order chi connectivity index (χ0) is 50.3. The second kappa shape index (κ2) is 11.2. The standard InChI is InChI=1S/C43H27N3O/c1-3-12-28(13-4-1)30-24-25-34-31(26-30)17-10-21-36(34)43-45-41(29-14-5-2-6-15-29)44-42(46-43)33-18-9-16-32(27-33)35-20-11-23-39-40(35)37-19-7-8-22-38(37)47-39/h1-27H/i1D,3D,4D,7D,8D,9D,10D,11D,12D,13D,16D,17D,18D,19D,20D,21D,22D,23D,24D,25D,26D,27D. The first-order valence-electron chi connectivity index (χ1n) is 24.9. The van der Waals surface area contributed by atoms with Crippen LogP contribution in [0, 0.1) is 0 Å². The van der Waals surface area contributed by atoms with Crippen LogP contribution in [0.2, 0.25) is 0 Å². The lowest BCUT2D eigenvalue weighted by molar-refractivity contribution is 0.669. The molecule has 4 heteroatoms. The zero-order valence-corrected chi connectivity index (χ0v) is 23.6. The molecule has 2 aromatic heterocycles. The molecule has 0 saturated heterocycles.